The Hall–Kier alpha value is -2.68. The Balaban J connectivity index is 2.35. The molecular weight excluding hydrogens is 274 g/mol. The molecule has 0 unspecified atom stereocenters. The molecule has 110 valence electrons. The molecule has 0 bridgehead atoms. The van der Waals surface area contributed by atoms with Gasteiger partial charge >= 0.3 is 5.97 Å². The number of carboxylic acid groups (broad SMARTS) is 1. The van der Waals surface area contributed by atoms with Crippen molar-refractivity contribution in [2.24, 2.45) is 0 Å². The number of carbonyl (C=O) groups is 1. The summed E-state index contributed by atoms with van der Waals surface area (Å²) in [5.74, 6) is -0.815. The van der Waals surface area contributed by atoms with Crippen molar-refractivity contribution in [3.8, 4) is 11.3 Å². The zero-order valence-corrected chi connectivity index (χ0v) is 12.4. The Morgan fingerprint density at radius 1 is 1.00 bits per heavy atom. The second-order valence-corrected chi connectivity index (χ2v) is 5.22. The van der Waals surface area contributed by atoms with Gasteiger partial charge in [-0.3, -0.25) is 4.79 Å². The molecule has 1 heterocycles. The van der Waals surface area contributed by atoms with E-state index >= 15 is 0 Å². The molecule has 0 radical (unpaired) electrons. The molecule has 0 saturated carbocycles. The maximum atomic E-state index is 11.3. The molecule has 3 rings (SSSR count). The number of benzene rings is 2. The number of fused-ring (bicyclic) bond motifs is 1. The van der Waals surface area contributed by atoms with Crippen LogP contribution in [0.5, 0.6) is 0 Å². The van der Waals surface area contributed by atoms with E-state index in [0.29, 0.717) is 0 Å². The lowest BCUT2D eigenvalue weighted by molar-refractivity contribution is -0.136. The van der Waals surface area contributed by atoms with Crippen molar-refractivity contribution in [3.05, 3.63) is 65.7 Å². The van der Waals surface area contributed by atoms with Crippen LogP contribution in [0.2, 0.25) is 0 Å². The van der Waals surface area contributed by atoms with E-state index in [0.717, 1.165) is 39.7 Å². The van der Waals surface area contributed by atoms with Crippen molar-refractivity contribution in [1.29, 1.82) is 0 Å². The topological polar surface area (TPSA) is 50.2 Å². The van der Waals surface area contributed by atoms with Gasteiger partial charge < -0.3 is 5.11 Å². The lowest BCUT2D eigenvalue weighted by atomic mass is 9.93. The molecule has 1 aromatic heterocycles. The van der Waals surface area contributed by atoms with Gasteiger partial charge in [-0.2, -0.15) is 0 Å². The predicted octanol–water partition coefficient (Wildman–Crippen LogP) is 4.09. The number of aliphatic carboxylic acids is 1. The number of nitrogens with zero attached hydrogens (tertiary/aromatic N) is 1. The van der Waals surface area contributed by atoms with E-state index in [1.807, 2.05) is 61.5 Å². The normalized spacial score (nSPS) is 10.8. The van der Waals surface area contributed by atoms with E-state index in [2.05, 4.69) is 0 Å². The first-order valence-corrected chi connectivity index (χ1v) is 7.38. The Morgan fingerprint density at radius 2 is 1.68 bits per heavy atom. The number of para-hydroxylation sites is 1. The molecule has 0 aliphatic carbocycles. The highest BCUT2D eigenvalue weighted by Gasteiger charge is 2.16. The van der Waals surface area contributed by atoms with Crippen LogP contribution in [-0.4, -0.2) is 16.1 Å². The summed E-state index contributed by atoms with van der Waals surface area (Å²) in [6, 6.07) is 17.7. The van der Waals surface area contributed by atoms with E-state index in [1.54, 1.807) is 0 Å². The number of hydrogen-bond acceptors (Lipinski definition) is 2. The van der Waals surface area contributed by atoms with Crippen molar-refractivity contribution < 1.29 is 9.90 Å². The van der Waals surface area contributed by atoms with Crippen LogP contribution in [0.25, 0.3) is 22.2 Å². The summed E-state index contributed by atoms with van der Waals surface area (Å²) in [7, 11) is 0. The van der Waals surface area contributed by atoms with Crippen molar-refractivity contribution in [3.63, 3.8) is 0 Å². The van der Waals surface area contributed by atoms with Crippen LogP contribution in [-0.2, 0) is 17.6 Å². The standard InChI is InChI=1S/C19H17NO2/c1-2-14-16(12-18(21)22)15-10-6-7-11-17(15)20-19(14)13-8-4-3-5-9-13/h3-11H,2,12H2,1H3,(H,21,22). The monoisotopic (exact) mass is 291 g/mol. The fraction of sp³-hybridized carbons (Fsp3) is 0.158. The minimum atomic E-state index is -0.815. The molecule has 0 atom stereocenters. The summed E-state index contributed by atoms with van der Waals surface area (Å²) >= 11 is 0. The average Bonchev–Trinajstić information content (AvgIpc) is 2.55. The molecule has 3 nitrogen and oxygen atoms in total. The predicted molar refractivity (Wildman–Crippen MR) is 87.9 cm³/mol. The van der Waals surface area contributed by atoms with Gasteiger partial charge in [0.25, 0.3) is 0 Å². The number of pyridine rings is 1. The van der Waals surface area contributed by atoms with Crippen LogP contribution in [0.15, 0.2) is 54.6 Å². The maximum Gasteiger partial charge on any atom is 0.307 e. The second kappa shape index (κ2) is 5.98. The van der Waals surface area contributed by atoms with Gasteiger partial charge in [0.1, 0.15) is 0 Å². The highest BCUT2D eigenvalue weighted by atomic mass is 16.4. The molecule has 2 aromatic carbocycles. The third-order valence-electron chi connectivity index (χ3n) is 3.84. The quantitative estimate of drug-likeness (QED) is 0.787. The third-order valence-corrected chi connectivity index (χ3v) is 3.84. The lowest BCUT2D eigenvalue weighted by Crippen LogP contribution is -2.07. The van der Waals surface area contributed by atoms with Gasteiger partial charge in [-0.1, -0.05) is 55.5 Å². The van der Waals surface area contributed by atoms with Crippen molar-refractivity contribution in [2.75, 3.05) is 0 Å². The molecule has 0 amide bonds. The van der Waals surface area contributed by atoms with Gasteiger partial charge in [0.2, 0.25) is 0 Å². The lowest BCUT2D eigenvalue weighted by Gasteiger charge is -2.15. The fourth-order valence-corrected chi connectivity index (χ4v) is 2.89. The van der Waals surface area contributed by atoms with Crippen LogP contribution in [0.1, 0.15) is 18.1 Å². The Morgan fingerprint density at radius 3 is 2.36 bits per heavy atom. The summed E-state index contributed by atoms with van der Waals surface area (Å²) in [6.45, 7) is 2.05. The van der Waals surface area contributed by atoms with Crippen LogP contribution in [0, 0.1) is 0 Å². The van der Waals surface area contributed by atoms with Gasteiger partial charge in [0.15, 0.2) is 0 Å². The highest BCUT2D eigenvalue weighted by Crippen LogP contribution is 2.30. The number of hydrogen-bond donors (Lipinski definition) is 1. The van der Waals surface area contributed by atoms with Crippen molar-refractivity contribution >= 4 is 16.9 Å². The zero-order valence-electron chi connectivity index (χ0n) is 12.4. The molecule has 1 N–H and O–H groups in total. The minimum Gasteiger partial charge on any atom is -0.481 e. The van der Waals surface area contributed by atoms with Gasteiger partial charge in [-0.15, -0.1) is 0 Å². The van der Waals surface area contributed by atoms with Crippen LogP contribution >= 0.6 is 0 Å². The molecule has 22 heavy (non-hydrogen) atoms. The number of rotatable bonds is 4. The fourth-order valence-electron chi connectivity index (χ4n) is 2.89. The van der Waals surface area contributed by atoms with Crippen molar-refractivity contribution in [1.82, 2.24) is 4.98 Å². The third kappa shape index (κ3) is 2.58. The SMILES string of the molecule is CCc1c(-c2ccccc2)nc2ccccc2c1CC(=O)O. The molecule has 0 aliphatic heterocycles. The molecule has 0 spiro atoms. The summed E-state index contributed by atoms with van der Waals surface area (Å²) in [6.07, 6.45) is 0.775. The minimum absolute atomic E-state index is 0.0199. The number of aromatic nitrogens is 1. The number of carboxylic acids is 1. The molecule has 3 heteroatoms. The van der Waals surface area contributed by atoms with Gasteiger partial charge in [-0.05, 0) is 23.6 Å². The Kier molecular flexibility index (Phi) is 3.88. The molecular formula is C19H17NO2. The molecule has 0 aliphatic rings. The summed E-state index contributed by atoms with van der Waals surface area (Å²) < 4.78 is 0. The van der Waals surface area contributed by atoms with E-state index < -0.39 is 5.97 Å². The summed E-state index contributed by atoms with van der Waals surface area (Å²) in [4.78, 5) is 16.1. The summed E-state index contributed by atoms with van der Waals surface area (Å²) in [5.41, 5.74) is 4.65. The smallest absolute Gasteiger partial charge is 0.307 e. The maximum absolute atomic E-state index is 11.3. The molecule has 3 aromatic rings. The zero-order chi connectivity index (χ0) is 15.5. The van der Waals surface area contributed by atoms with E-state index in [4.69, 9.17) is 4.98 Å². The Labute approximate surface area is 129 Å². The van der Waals surface area contributed by atoms with Gasteiger partial charge in [-0.25, -0.2) is 4.98 Å². The van der Waals surface area contributed by atoms with Crippen molar-refractivity contribution in [2.45, 2.75) is 19.8 Å². The molecule has 0 fully saturated rings. The van der Waals surface area contributed by atoms with Crippen LogP contribution in [0.3, 0.4) is 0 Å². The van der Waals surface area contributed by atoms with Crippen LogP contribution < -0.4 is 0 Å². The first-order chi connectivity index (χ1) is 10.7. The van der Waals surface area contributed by atoms with Gasteiger partial charge in [0, 0.05) is 10.9 Å². The van der Waals surface area contributed by atoms with Crippen LogP contribution in [0.4, 0.5) is 0 Å². The largest absolute Gasteiger partial charge is 0.481 e. The first kappa shape index (κ1) is 14.3. The highest BCUT2D eigenvalue weighted by molar-refractivity contribution is 5.90. The second-order valence-electron chi connectivity index (χ2n) is 5.22. The summed E-state index contributed by atoms with van der Waals surface area (Å²) in [5, 5.41) is 10.2. The van der Waals surface area contributed by atoms with E-state index in [9.17, 15) is 9.90 Å². The van der Waals surface area contributed by atoms with E-state index in [1.165, 1.54) is 0 Å². The first-order valence-electron chi connectivity index (χ1n) is 7.38. The van der Waals surface area contributed by atoms with E-state index in [-0.39, 0.29) is 6.42 Å². The average molecular weight is 291 g/mol. The van der Waals surface area contributed by atoms with Gasteiger partial charge in [0.05, 0.1) is 17.6 Å². The Bertz CT molecular complexity index is 825. The molecule has 0 saturated heterocycles.